The van der Waals surface area contributed by atoms with Crippen LogP contribution >= 0.6 is 0 Å². The van der Waals surface area contributed by atoms with E-state index in [9.17, 15) is 13.2 Å². The Bertz CT molecular complexity index is 834. The molecule has 6 nitrogen and oxygen atoms in total. The number of fused-ring (bicyclic) bond motifs is 2. The van der Waals surface area contributed by atoms with Gasteiger partial charge in [0, 0.05) is 11.7 Å². The SMILES string of the molecule is CCN1CCCC1CCS(=O)(=O)NC(=O)Nc1c2c(cc3c1CCC3)CCC2. The first-order valence-electron chi connectivity index (χ1n) is 10.7. The van der Waals surface area contributed by atoms with Gasteiger partial charge in [-0.25, -0.2) is 17.9 Å². The third kappa shape index (κ3) is 4.06. The molecule has 2 N–H and O–H groups in total. The van der Waals surface area contributed by atoms with Gasteiger partial charge in [0.25, 0.3) is 0 Å². The van der Waals surface area contributed by atoms with Gasteiger partial charge in [0.05, 0.1) is 5.75 Å². The molecule has 1 saturated heterocycles. The van der Waals surface area contributed by atoms with Crippen LogP contribution in [-0.4, -0.2) is 44.2 Å². The molecule has 1 atom stereocenters. The molecule has 2 amide bonds. The predicted octanol–water partition coefficient (Wildman–Crippen LogP) is 2.99. The summed E-state index contributed by atoms with van der Waals surface area (Å²) in [5.74, 6) is -0.00735. The van der Waals surface area contributed by atoms with Crippen LogP contribution in [0.3, 0.4) is 0 Å². The van der Waals surface area contributed by atoms with Gasteiger partial charge in [-0.05, 0) is 93.1 Å². The molecular formula is C21H31N3O3S. The minimum atomic E-state index is -3.64. The molecule has 1 aromatic rings. The van der Waals surface area contributed by atoms with E-state index in [-0.39, 0.29) is 5.75 Å². The van der Waals surface area contributed by atoms with E-state index < -0.39 is 16.1 Å². The Morgan fingerprint density at radius 1 is 1.11 bits per heavy atom. The van der Waals surface area contributed by atoms with Crippen molar-refractivity contribution in [2.45, 2.75) is 70.8 Å². The molecule has 0 saturated carbocycles. The maximum atomic E-state index is 12.5. The van der Waals surface area contributed by atoms with Crippen molar-refractivity contribution >= 4 is 21.7 Å². The second-order valence-corrected chi connectivity index (χ2v) is 10.2. The van der Waals surface area contributed by atoms with Crippen LogP contribution in [0.25, 0.3) is 0 Å². The van der Waals surface area contributed by atoms with Crippen LogP contribution in [-0.2, 0) is 35.7 Å². The van der Waals surface area contributed by atoms with Gasteiger partial charge in [0.2, 0.25) is 10.0 Å². The highest BCUT2D eigenvalue weighted by Gasteiger charge is 2.27. The number of sulfonamides is 1. The highest BCUT2D eigenvalue weighted by molar-refractivity contribution is 7.90. The molecule has 1 aliphatic heterocycles. The number of anilines is 1. The zero-order valence-electron chi connectivity index (χ0n) is 16.7. The predicted molar refractivity (Wildman–Crippen MR) is 111 cm³/mol. The summed E-state index contributed by atoms with van der Waals surface area (Å²) in [7, 11) is -3.64. The quantitative estimate of drug-likeness (QED) is 0.763. The highest BCUT2D eigenvalue weighted by Crippen LogP contribution is 2.38. The molecule has 1 aromatic carbocycles. The first kappa shape index (κ1) is 19.7. The summed E-state index contributed by atoms with van der Waals surface area (Å²) in [6, 6.07) is 1.99. The average Bonchev–Trinajstić information content (AvgIpc) is 3.39. The van der Waals surface area contributed by atoms with Gasteiger partial charge in [-0.2, -0.15) is 0 Å². The fourth-order valence-corrected chi connectivity index (χ4v) is 6.25. The van der Waals surface area contributed by atoms with Crippen molar-refractivity contribution in [2.24, 2.45) is 0 Å². The van der Waals surface area contributed by atoms with Crippen LogP contribution in [0.2, 0.25) is 0 Å². The Morgan fingerprint density at radius 2 is 1.79 bits per heavy atom. The summed E-state index contributed by atoms with van der Waals surface area (Å²) < 4.78 is 27.2. The molecule has 1 unspecified atom stereocenters. The topological polar surface area (TPSA) is 78.5 Å². The number of carbonyl (C=O) groups is 1. The summed E-state index contributed by atoms with van der Waals surface area (Å²) in [6.45, 7) is 4.09. The van der Waals surface area contributed by atoms with Crippen molar-refractivity contribution in [3.63, 3.8) is 0 Å². The van der Waals surface area contributed by atoms with Crippen LogP contribution in [0.1, 0.15) is 61.3 Å². The summed E-state index contributed by atoms with van der Waals surface area (Å²) in [6.07, 6.45) is 8.95. The fraction of sp³-hybridized carbons (Fsp3) is 0.667. The Balaban J connectivity index is 1.41. The largest absolute Gasteiger partial charge is 0.332 e. The van der Waals surface area contributed by atoms with E-state index in [1.807, 2.05) is 0 Å². The minimum absolute atomic E-state index is 0.00735. The number of carbonyl (C=O) groups excluding carboxylic acids is 1. The van der Waals surface area contributed by atoms with Crippen LogP contribution in [0.4, 0.5) is 10.5 Å². The van der Waals surface area contributed by atoms with Gasteiger partial charge in [0.15, 0.2) is 0 Å². The van der Waals surface area contributed by atoms with Crippen molar-refractivity contribution in [1.29, 1.82) is 0 Å². The summed E-state index contributed by atoms with van der Waals surface area (Å²) in [5, 5.41) is 2.91. The highest BCUT2D eigenvalue weighted by atomic mass is 32.2. The first-order valence-corrected chi connectivity index (χ1v) is 12.3. The van der Waals surface area contributed by atoms with Crippen LogP contribution < -0.4 is 10.0 Å². The molecule has 0 radical (unpaired) electrons. The van der Waals surface area contributed by atoms with Gasteiger partial charge in [-0.15, -0.1) is 0 Å². The first-order chi connectivity index (χ1) is 13.5. The molecule has 28 heavy (non-hydrogen) atoms. The second-order valence-electron chi connectivity index (χ2n) is 8.32. The maximum Gasteiger partial charge on any atom is 0.332 e. The second kappa shape index (κ2) is 8.03. The third-order valence-electron chi connectivity index (χ3n) is 6.58. The van der Waals surface area contributed by atoms with Crippen LogP contribution in [0.15, 0.2) is 6.07 Å². The molecule has 1 fully saturated rings. The van der Waals surface area contributed by atoms with Gasteiger partial charge in [-0.1, -0.05) is 13.0 Å². The van der Waals surface area contributed by atoms with E-state index in [1.54, 1.807) is 0 Å². The Morgan fingerprint density at radius 3 is 2.43 bits per heavy atom. The number of likely N-dealkylation sites (tertiary alicyclic amines) is 1. The number of rotatable bonds is 6. The lowest BCUT2D eigenvalue weighted by molar-refractivity contribution is 0.255. The van der Waals surface area contributed by atoms with E-state index >= 15 is 0 Å². The van der Waals surface area contributed by atoms with E-state index in [0.717, 1.165) is 70.1 Å². The number of hydrogen-bond donors (Lipinski definition) is 2. The standard InChI is InChI=1S/C21H31N3O3S/c1-2-24-12-5-8-17(24)11-13-28(26,27)23-21(25)22-20-18-9-3-6-15(18)14-16-7-4-10-19(16)20/h14,17H,2-13H2,1H3,(H2,22,23,25). The zero-order chi connectivity index (χ0) is 19.7. The molecule has 4 rings (SSSR count). The van der Waals surface area contributed by atoms with E-state index in [2.05, 4.69) is 27.9 Å². The number of nitrogens with zero attached hydrogens (tertiary/aromatic N) is 1. The van der Waals surface area contributed by atoms with E-state index in [0.29, 0.717) is 12.5 Å². The van der Waals surface area contributed by atoms with Crippen LogP contribution in [0.5, 0.6) is 0 Å². The van der Waals surface area contributed by atoms with E-state index in [4.69, 9.17) is 0 Å². The van der Waals surface area contributed by atoms with Crippen LogP contribution in [0, 0.1) is 0 Å². The molecule has 1 heterocycles. The third-order valence-corrected chi connectivity index (χ3v) is 7.85. The monoisotopic (exact) mass is 405 g/mol. The smallest absolute Gasteiger partial charge is 0.307 e. The normalized spacial score (nSPS) is 21.5. The molecule has 2 aliphatic carbocycles. The number of benzene rings is 1. The molecule has 3 aliphatic rings. The fourth-order valence-electron chi connectivity index (χ4n) is 5.23. The Hall–Kier alpha value is -1.60. The lowest BCUT2D eigenvalue weighted by Gasteiger charge is -2.22. The van der Waals surface area contributed by atoms with Crippen molar-refractivity contribution in [3.05, 3.63) is 28.3 Å². The van der Waals surface area contributed by atoms with E-state index in [1.165, 1.54) is 22.3 Å². The molecule has 0 aromatic heterocycles. The number of hydrogen-bond acceptors (Lipinski definition) is 4. The molecule has 7 heteroatoms. The molecular weight excluding hydrogens is 374 g/mol. The number of aryl methyl sites for hydroxylation is 2. The number of nitrogens with one attached hydrogen (secondary N) is 2. The van der Waals surface area contributed by atoms with Gasteiger partial charge in [0.1, 0.15) is 0 Å². The van der Waals surface area contributed by atoms with Gasteiger partial charge < -0.3 is 10.2 Å². The average molecular weight is 406 g/mol. The maximum absolute atomic E-state index is 12.5. The lowest BCUT2D eigenvalue weighted by Crippen LogP contribution is -2.38. The van der Waals surface area contributed by atoms with Gasteiger partial charge >= 0.3 is 6.03 Å². The summed E-state index contributed by atoms with van der Waals surface area (Å²) >= 11 is 0. The Kier molecular flexibility index (Phi) is 5.65. The molecule has 154 valence electrons. The van der Waals surface area contributed by atoms with Crippen molar-refractivity contribution in [2.75, 3.05) is 24.2 Å². The summed E-state index contributed by atoms with van der Waals surface area (Å²) in [4.78, 5) is 14.9. The minimum Gasteiger partial charge on any atom is -0.307 e. The molecule has 0 spiro atoms. The zero-order valence-corrected chi connectivity index (χ0v) is 17.5. The summed E-state index contributed by atoms with van der Waals surface area (Å²) in [5.41, 5.74) is 5.93. The Labute approximate surface area is 168 Å². The molecule has 0 bridgehead atoms. The van der Waals surface area contributed by atoms with Crippen molar-refractivity contribution < 1.29 is 13.2 Å². The van der Waals surface area contributed by atoms with Crippen molar-refractivity contribution in [3.8, 4) is 0 Å². The number of amides is 2. The lowest BCUT2D eigenvalue weighted by atomic mass is 9.99. The van der Waals surface area contributed by atoms with Gasteiger partial charge in [-0.3, -0.25) is 0 Å². The number of urea groups is 1. The van der Waals surface area contributed by atoms with Crippen molar-refractivity contribution in [1.82, 2.24) is 9.62 Å².